The summed E-state index contributed by atoms with van der Waals surface area (Å²) in [5, 5.41) is 4.16. The molecule has 0 atom stereocenters. The maximum atomic E-state index is 6.03. The molecule has 3 rings (SSSR count). The molecule has 0 aliphatic rings. The lowest BCUT2D eigenvalue weighted by atomic mass is 10.2. The minimum absolute atomic E-state index is 0.691. The monoisotopic (exact) mass is 225 g/mol. The molecule has 84 valence electrons. The van der Waals surface area contributed by atoms with Gasteiger partial charge in [0.2, 0.25) is 0 Å². The highest BCUT2D eigenvalue weighted by Crippen LogP contribution is 2.20. The van der Waals surface area contributed by atoms with E-state index in [1.807, 2.05) is 41.2 Å². The standard InChI is InChI=1S/C12H11N5/c13-11-8-10(17-6-1-4-15-17)2-3-12(11)16-7-5-14-9-16/h1-9H,13H2. The Morgan fingerprint density at radius 3 is 2.71 bits per heavy atom. The lowest BCUT2D eigenvalue weighted by Gasteiger charge is -2.08. The first-order valence-corrected chi connectivity index (χ1v) is 5.22. The van der Waals surface area contributed by atoms with E-state index >= 15 is 0 Å². The highest BCUT2D eigenvalue weighted by Gasteiger charge is 2.03. The summed E-state index contributed by atoms with van der Waals surface area (Å²) in [6.45, 7) is 0. The average Bonchev–Trinajstić information content (AvgIpc) is 3.02. The van der Waals surface area contributed by atoms with Crippen molar-refractivity contribution in [2.24, 2.45) is 0 Å². The van der Waals surface area contributed by atoms with Crippen molar-refractivity contribution in [2.45, 2.75) is 0 Å². The third-order valence-electron chi connectivity index (χ3n) is 2.56. The van der Waals surface area contributed by atoms with E-state index in [0.29, 0.717) is 5.69 Å². The Morgan fingerprint density at radius 1 is 1.12 bits per heavy atom. The number of nitrogens with zero attached hydrogens (tertiary/aromatic N) is 4. The van der Waals surface area contributed by atoms with Gasteiger partial charge in [0.05, 0.1) is 23.4 Å². The van der Waals surface area contributed by atoms with E-state index in [-0.39, 0.29) is 0 Å². The number of rotatable bonds is 2. The SMILES string of the molecule is Nc1cc(-n2cccn2)ccc1-n1ccnc1. The zero-order valence-electron chi connectivity index (χ0n) is 9.06. The smallest absolute Gasteiger partial charge is 0.0992 e. The summed E-state index contributed by atoms with van der Waals surface area (Å²) in [6, 6.07) is 7.69. The van der Waals surface area contributed by atoms with Crippen molar-refractivity contribution in [3.05, 3.63) is 55.4 Å². The van der Waals surface area contributed by atoms with E-state index in [9.17, 15) is 0 Å². The predicted molar refractivity (Wildman–Crippen MR) is 65.1 cm³/mol. The van der Waals surface area contributed by atoms with Gasteiger partial charge >= 0.3 is 0 Å². The Morgan fingerprint density at radius 2 is 2.06 bits per heavy atom. The maximum Gasteiger partial charge on any atom is 0.0992 e. The first-order chi connectivity index (χ1) is 8.34. The first kappa shape index (κ1) is 9.65. The normalized spacial score (nSPS) is 10.6. The highest BCUT2D eigenvalue weighted by molar-refractivity contribution is 5.62. The molecule has 5 heteroatoms. The Balaban J connectivity index is 2.06. The maximum absolute atomic E-state index is 6.03. The minimum Gasteiger partial charge on any atom is -0.397 e. The summed E-state index contributed by atoms with van der Waals surface area (Å²) in [7, 11) is 0. The van der Waals surface area contributed by atoms with E-state index in [0.717, 1.165) is 11.4 Å². The number of anilines is 1. The molecule has 0 bridgehead atoms. The molecular weight excluding hydrogens is 214 g/mol. The number of benzene rings is 1. The van der Waals surface area contributed by atoms with E-state index in [1.54, 1.807) is 23.4 Å². The molecule has 0 spiro atoms. The van der Waals surface area contributed by atoms with Crippen LogP contribution in [0.1, 0.15) is 0 Å². The summed E-state index contributed by atoms with van der Waals surface area (Å²) < 4.78 is 3.65. The van der Waals surface area contributed by atoms with Crippen LogP contribution in [-0.4, -0.2) is 19.3 Å². The van der Waals surface area contributed by atoms with Gasteiger partial charge < -0.3 is 10.3 Å². The van der Waals surface area contributed by atoms with Gasteiger partial charge in [-0.3, -0.25) is 0 Å². The summed E-state index contributed by atoms with van der Waals surface area (Å²) >= 11 is 0. The molecule has 5 nitrogen and oxygen atoms in total. The van der Waals surface area contributed by atoms with Crippen LogP contribution in [0.3, 0.4) is 0 Å². The fraction of sp³-hybridized carbons (Fsp3) is 0. The second-order valence-electron chi connectivity index (χ2n) is 3.66. The molecule has 1 aromatic carbocycles. The molecule has 2 heterocycles. The Hall–Kier alpha value is -2.56. The van der Waals surface area contributed by atoms with Gasteiger partial charge in [-0.1, -0.05) is 0 Å². The summed E-state index contributed by atoms with van der Waals surface area (Å²) in [5.74, 6) is 0. The van der Waals surface area contributed by atoms with Crippen LogP contribution in [0.2, 0.25) is 0 Å². The molecule has 0 fully saturated rings. The highest BCUT2D eigenvalue weighted by atomic mass is 15.3. The van der Waals surface area contributed by atoms with Crippen molar-refractivity contribution < 1.29 is 0 Å². The molecule has 0 radical (unpaired) electrons. The molecule has 0 aliphatic carbocycles. The summed E-state index contributed by atoms with van der Waals surface area (Å²) in [6.07, 6.45) is 8.92. The van der Waals surface area contributed by atoms with Crippen LogP contribution in [0.25, 0.3) is 11.4 Å². The third kappa shape index (κ3) is 1.67. The van der Waals surface area contributed by atoms with Crippen LogP contribution in [0.5, 0.6) is 0 Å². The van der Waals surface area contributed by atoms with Gasteiger partial charge in [-0.15, -0.1) is 0 Å². The summed E-state index contributed by atoms with van der Waals surface area (Å²) in [5.41, 5.74) is 8.58. The van der Waals surface area contributed by atoms with Crippen molar-refractivity contribution in [3.8, 4) is 11.4 Å². The van der Waals surface area contributed by atoms with Crippen LogP contribution >= 0.6 is 0 Å². The molecule has 3 aromatic rings. The molecule has 0 unspecified atom stereocenters. The zero-order chi connectivity index (χ0) is 11.7. The van der Waals surface area contributed by atoms with E-state index in [4.69, 9.17) is 5.73 Å². The van der Waals surface area contributed by atoms with Crippen molar-refractivity contribution in [3.63, 3.8) is 0 Å². The van der Waals surface area contributed by atoms with E-state index in [2.05, 4.69) is 10.1 Å². The fourth-order valence-electron chi connectivity index (χ4n) is 1.74. The number of nitrogens with two attached hydrogens (primary N) is 1. The molecule has 0 saturated carbocycles. The van der Waals surface area contributed by atoms with Gasteiger partial charge in [-0.2, -0.15) is 5.10 Å². The van der Waals surface area contributed by atoms with Gasteiger partial charge in [0, 0.05) is 24.8 Å². The van der Waals surface area contributed by atoms with Crippen LogP contribution < -0.4 is 5.73 Å². The lowest BCUT2D eigenvalue weighted by Crippen LogP contribution is -2.01. The third-order valence-corrected chi connectivity index (χ3v) is 2.56. The van der Waals surface area contributed by atoms with Crippen LogP contribution in [0, 0.1) is 0 Å². The lowest BCUT2D eigenvalue weighted by molar-refractivity contribution is 0.880. The largest absolute Gasteiger partial charge is 0.397 e. The Labute approximate surface area is 98.1 Å². The molecule has 2 aromatic heterocycles. The zero-order valence-corrected chi connectivity index (χ0v) is 9.06. The van der Waals surface area contributed by atoms with Crippen molar-refractivity contribution >= 4 is 5.69 Å². The topological polar surface area (TPSA) is 61.7 Å². The van der Waals surface area contributed by atoms with Gasteiger partial charge in [0.1, 0.15) is 0 Å². The van der Waals surface area contributed by atoms with Crippen molar-refractivity contribution in [1.82, 2.24) is 19.3 Å². The quantitative estimate of drug-likeness (QED) is 0.674. The Bertz CT molecular complexity index is 610. The van der Waals surface area contributed by atoms with Gasteiger partial charge in [-0.05, 0) is 24.3 Å². The molecule has 2 N–H and O–H groups in total. The van der Waals surface area contributed by atoms with E-state index < -0.39 is 0 Å². The minimum atomic E-state index is 0.691. The van der Waals surface area contributed by atoms with E-state index in [1.165, 1.54) is 0 Å². The second-order valence-corrected chi connectivity index (χ2v) is 3.66. The predicted octanol–water partition coefficient (Wildman–Crippen LogP) is 1.64. The van der Waals surface area contributed by atoms with Crippen LogP contribution in [-0.2, 0) is 0 Å². The number of hydrogen-bond donors (Lipinski definition) is 1. The number of imidazole rings is 1. The van der Waals surface area contributed by atoms with Gasteiger partial charge in [0.25, 0.3) is 0 Å². The molecule has 17 heavy (non-hydrogen) atoms. The summed E-state index contributed by atoms with van der Waals surface area (Å²) in [4.78, 5) is 4.00. The number of nitrogen functional groups attached to an aromatic ring is 1. The molecule has 0 saturated heterocycles. The fourth-order valence-corrected chi connectivity index (χ4v) is 1.74. The second kappa shape index (κ2) is 3.79. The first-order valence-electron chi connectivity index (χ1n) is 5.22. The average molecular weight is 225 g/mol. The van der Waals surface area contributed by atoms with Crippen LogP contribution in [0.4, 0.5) is 5.69 Å². The molecular formula is C12H11N5. The number of hydrogen-bond acceptors (Lipinski definition) is 3. The van der Waals surface area contributed by atoms with Gasteiger partial charge in [0.15, 0.2) is 0 Å². The molecule has 0 aliphatic heterocycles. The van der Waals surface area contributed by atoms with Crippen molar-refractivity contribution in [2.75, 3.05) is 5.73 Å². The molecule has 0 amide bonds. The Kier molecular flexibility index (Phi) is 2.15. The van der Waals surface area contributed by atoms with Gasteiger partial charge in [-0.25, -0.2) is 9.67 Å². The van der Waals surface area contributed by atoms with Crippen molar-refractivity contribution in [1.29, 1.82) is 0 Å². The van der Waals surface area contributed by atoms with Crippen LogP contribution in [0.15, 0.2) is 55.4 Å². The number of aromatic nitrogens is 4.